The lowest BCUT2D eigenvalue weighted by Gasteiger charge is -2.09. The van der Waals surface area contributed by atoms with Gasteiger partial charge in [-0.25, -0.2) is 0 Å². The summed E-state index contributed by atoms with van der Waals surface area (Å²) < 4.78 is 5.06. The number of carbonyl (C=O) groups is 1. The molecule has 0 spiro atoms. The summed E-state index contributed by atoms with van der Waals surface area (Å²) in [6.45, 7) is 2.34. The summed E-state index contributed by atoms with van der Waals surface area (Å²) in [6, 6.07) is 0. The Labute approximate surface area is 94.5 Å². The van der Waals surface area contributed by atoms with E-state index in [1.807, 2.05) is 6.92 Å². The molecule has 1 aromatic rings. The molecule has 1 amide bonds. The summed E-state index contributed by atoms with van der Waals surface area (Å²) in [4.78, 5) is 11.4. The van der Waals surface area contributed by atoms with Gasteiger partial charge in [0.1, 0.15) is 5.82 Å². The molecule has 0 fully saturated rings. The summed E-state index contributed by atoms with van der Waals surface area (Å²) in [7, 11) is 1.63. The lowest BCUT2D eigenvalue weighted by Crippen LogP contribution is -2.24. The molecular weight excluding hydrogens is 208 g/mol. The third kappa shape index (κ3) is 3.90. The van der Waals surface area contributed by atoms with Crippen molar-refractivity contribution in [2.24, 2.45) is 0 Å². The number of aromatic amines is 1. The zero-order valence-corrected chi connectivity index (χ0v) is 9.62. The number of rotatable bonds is 6. The summed E-state index contributed by atoms with van der Waals surface area (Å²) in [6.07, 6.45) is 2.87. The highest BCUT2D eigenvalue weighted by Gasteiger charge is 2.07. The first-order valence-electron chi connectivity index (χ1n) is 5.20. The van der Waals surface area contributed by atoms with Gasteiger partial charge in [0.05, 0.1) is 12.3 Å². The number of nitrogens with two attached hydrogens (primary N) is 1. The molecule has 6 nitrogen and oxygen atoms in total. The lowest BCUT2D eigenvalue weighted by molar-refractivity contribution is -0.121. The van der Waals surface area contributed by atoms with Gasteiger partial charge in [0.15, 0.2) is 0 Å². The van der Waals surface area contributed by atoms with E-state index in [-0.39, 0.29) is 12.0 Å². The van der Waals surface area contributed by atoms with Crippen LogP contribution in [-0.4, -0.2) is 29.3 Å². The van der Waals surface area contributed by atoms with E-state index >= 15 is 0 Å². The van der Waals surface area contributed by atoms with Crippen molar-refractivity contribution in [3.8, 4) is 0 Å². The number of nitrogen functional groups attached to an aromatic ring is 1. The van der Waals surface area contributed by atoms with E-state index in [0.29, 0.717) is 25.2 Å². The van der Waals surface area contributed by atoms with Crippen LogP contribution in [0.5, 0.6) is 0 Å². The molecule has 0 aliphatic heterocycles. The molecule has 0 aromatic carbocycles. The van der Waals surface area contributed by atoms with Crippen LogP contribution in [0.1, 0.15) is 25.3 Å². The van der Waals surface area contributed by atoms with Crippen LogP contribution in [0.3, 0.4) is 0 Å². The van der Waals surface area contributed by atoms with Gasteiger partial charge < -0.3 is 15.8 Å². The molecule has 16 heavy (non-hydrogen) atoms. The number of aromatic nitrogens is 2. The zero-order chi connectivity index (χ0) is 12.0. The Balaban J connectivity index is 2.23. The smallest absolute Gasteiger partial charge is 0.220 e. The molecule has 90 valence electrons. The highest BCUT2D eigenvalue weighted by atomic mass is 16.5. The fourth-order valence-corrected chi connectivity index (χ4v) is 1.20. The molecule has 0 saturated heterocycles. The van der Waals surface area contributed by atoms with Gasteiger partial charge in [-0.1, -0.05) is 0 Å². The fraction of sp³-hybridized carbons (Fsp3) is 0.600. The number of H-pyrrole nitrogens is 1. The number of amides is 1. The Morgan fingerprint density at radius 3 is 3.06 bits per heavy atom. The number of hydrogen-bond acceptors (Lipinski definition) is 4. The predicted molar refractivity (Wildman–Crippen MR) is 60.6 cm³/mol. The predicted octanol–water partition coefficient (Wildman–Crippen LogP) is 0.423. The minimum Gasteiger partial charge on any atom is -0.384 e. The van der Waals surface area contributed by atoms with E-state index in [0.717, 1.165) is 5.56 Å². The average Bonchev–Trinajstić information content (AvgIpc) is 2.69. The molecule has 1 rings (SSSR count). The quantitative estimate of drug-likeness (QED) is 0.655. The van der Waals surface area contributed by atoms with Crippen LogP contribution >= 0.6 is 0 Å². The first kappa shape index (κ1) is 12.5. The SMILES string of the molecule is COC(C)CCC(=O)NCc1cn[nH]c1N. The molecule has 4 N–H and O–H groups in total. The van der Waals surface area contributed by atoms with Crippen molar-refractivity contribution in [3.05, 3.63) is 11.8 Å². The van der Waals surface area contributed by atoms with Crippen molar-refractivity contribution in [1.29, 1.82) is 0 Å². The topological polar surface area (TPSA) is 93.0 Å². The highest BCUT2D eigenvalue weighted by Crippen LogP contribution is 2.05. The van der Waals surface area contributed by atoms with E-state index in [1.54, 1.807) is 13.3 Å². The lowest BCUT2D eigenvalue weighted by atomic mass is 10.2. The summed E-state index contributed by atoms with van der Waals surface area (Å²) in [5.41, 5.74) is 6.38. The molecule has 0 saturated carbocycles. The van der Waals surface area contributed by atoms with Crippen molar-refractivity contribution >= 4 is 11.7 Å². The van der Waals surface area contributed by atoms with Crippen LogP contribution < -0.4 is 11.1 Å². The fourth-order valence-electron chi connectivity index (χ4n) is 1.20. The third-order valence-corrected chi connectivity index (χ3v) is 2.41. The normalized spacial score (nSPS) is 12.4. The third-order valence-electron chi connectivity index (χ3n) is 2.41. The van der Waals surface area contributed by atoms with E-state index < -0.39 is 0 Å². The molecule has 1 heterocycles. The first-order valence-corrected chi connectivity index (χ1v) is 5.20. The Morgan fingerprint density at radius 1 is 1.75 bits per heavy atom. The van der Waals surface area contributed by atoms with Crippen molar-refractivity contribution in [1.82, 2.24) is 15.5 Å². The minimum atomic E-state index is -0.00972. The maximum Gasteiger partial charge on any atom is 0.220 e. The Hall–Kier alpha value is -1.56. The van der Waals surface area contributed by atoms with E-state index in [2.05, 4.69) is 15.5 Å². The van der Waals surface area contributed by atoms with Crippen LogP contribution in [-0.2, 0) is 16.1 Å². The van der Waals surface area contributed by atoms with Crippen molar-refractivity contribution in [2.45, 2.75) is 32.4 Å². The van der Waals surface area contributed by atoms with Gasteiger partial charge in [-0.15, -0.1) is 0 Å². The first-order chi connectivity index (χ1) is 7.63. The van der Waals surface area contributed by atoms with E-state index in [1.165, 1.54) is 0 Å². The average molecular weight is 226 g/mol. The van der Waals surface area contributed by atoms with Gasteiger partial charge in [0.2, 0.25) is 5.91 Å². The largest absolute Gasteiger partial charge is 0.384 e. The Kier molecular flexibility index (Phi) is 4.78. The van der Waals surface area contributed by atoms with Gasteiger partial charge in [-0.2, -0.15) is 5.10 Å². The van der Waals surface area contributed by atoms with Crippen LogP contribution in [0.15, 0.2) is 6.20 Å². The monoisotopic (exact) mass is 226 g/mol. The van der Waals surface area contributed by atoms with Crippen LogP contribution in [0.25, 0.3) is 0 Å². The van der Waals surface area contributed by atoms with Crippen LogP contribution in [0.4, 0.5) is 5.82 Å². The summed E-state index contributed by atoms with van der Waals surface area (Å²) in [5.74, 6) is 0.482. The standard InChI is InChI=1S/C10H18N4O2/c1-7(16-2)3-4-9(15)12-5-8-6-13-14-10(8)11/h6-7H,3-5H2,1-2H3,(H,12,15)(H3,11,13,14). The molecule has 1 atom stereocenters. The number of hydrogen-bond donors (Lipinski definition) is 3. The van der Waals surface area contributed by atoms with Crippen molar-refractivity contribution in [2.75, 3.05) is 12.8 Å². The Morgan fingerprint density at radius 2 is 2.50 bits per heavy atom. The summed E-state index contributed by atoms with van der Waals surface area (Å²) >= 11 is 0. The molecule has 0 aliphatic rings. The molecular formula is C10H18N4O2. The van der Waals surface area contributed by atoms with E-state index in [9.17, 15) is 4.79 Å². The summed E-state index contributed by atoms with van der Waals surface area (Å²) in [5, 5.41) is 9.14. The second kappa shape index (κ2) is 6.12. The number of carbonyl (C=O) groups excluding carboxylic acids is 1. The number of methoxy groups -OCH3 is 1. The van der Waals surface area contributed by atoms with Crippen LogP contribution in [0, 0.1) is 0 Å². The maximum absolute atomic E-state index is 11.4. The number of nitrogens with zero attached hydrogens (tertiary/aromatic N) is 1. The molecule has 1 unspecified atom stereocenters. The van der Waals surface area contributed by atoms with E-state index in [4.69, 9.17) is 10.5 Å². The molecule has 0 bridgehead atoms. The molecule has 0 aliphatic carbocycles. The van der Waals surface area contributed by atoms with Gasteiger partial charge >= 0.3 is 0 Å². The molecule has 1 aromatic heterocycles. The molecule has 6 heteroatoms. The Bertz CT molecular complexity index is 337. The highest BCUT2D eigenvalue weighted by molar-refractivity contribution is 5.76. The maximum atomic E-state index is 11.4. The van der Waals surface area contributed by atoms with Gasteiger partial charge in [-0.3, -0.25) is 9.89 Å². The second-order valence-corrected chi connectivity index (χ2v) is 3.67. The van der Waals surface area contributed by atoms with Gasteiger partial charge in [-0.05, 0) is 13.3 Å². The number of anilines is 1. The number of nitrogens with one attached hydrogen (secondary N) is 2. The molecule has 0 radical (unpaired) electrons. The van der Waals surface area contributed by atoms with Crippen molar-refractivity contribution in [3.63, 3.8) is 0 Å². The zero-order valence-electron chi connectivity index (χ0n) is 9.62. The second-order valence-electron chi connectivity index (χ2n) is 3.67. The van der Waals surface area contributed by atoms with Crippen molar-refractivity contribution < 1.29 is 9.53 Å². The van der Waals surface area contributed by atoms with Crippen LogP contribution in [0.2, 0.25) is 0 Å². The van der Waals surface area contributed by atoms with Gasteiger partial charge in [0, 0.05) is 25.6 Å². The number of ether oxygens (including phenoxy) is 1. The minimum absolute atomic E-state index is 0.00972. The van der Waals surface area contributed by atoms with Gasteiger partial charge in [0.25, 0.3) is 0 Å².